The third kappa shape index (κ3) is 3.22. The van der Waals surface area contributed by atoms with E-state index in [1.807, 2.05) is 4.90 Å². The molecule has 0 N–H and O–H groups in total. The van der Waals surface area contributed by atoms with Gasteiger partial charge < -0.3 is 9.64 Å². The highest BCUT2D eigenvalue weighted by Crippen LogP contribution is 2.25. The minimum Gasteiger partial charge on any atom is -0.466 e. The van der Waals surface area contributed by atoms with Gasteiger partial charge in [-0.15, -0.1) is 0 Å². The Labute approximate surface area is 111 Å². The van der Waals surface area contributed by atoms with Crippen LogP contribution in [0.4, 0.5) is 14.5 Å². The number of piperidine rings is 1. The van der Waals surface area contributed by atoms with Crippen LogP contribution in [0.3, 0.4) is 0 Å². The minimum absolute atomic E-state index is 0.193. The van der Waals surface area contributed by atoms with Gasteiger partial charge in [-0.05, 0) is 31.9 Å². The van der Waals surface area contributed by atoms with Crippen LogP contribution in [0.1, 0.15) is 19.8 Å². The van der Waals surface area contributed by atoms with Crippen molar-refractivity contribution < 1.29 is 18.3 Å². The van der Waals surface area contributed by atoms with E-state index in [9.17, 15) is 13.6 Å². The highest BCUT2D eigenvalue weighted by atomic mass is 19.2. The van der Waals surface area contributed by atoms with Crippen LogP contribution in [-0.2, 0) is 9.53 Å². The lowest BCUT2D eigenvalue weighted by molar-refractivity contribution is -0.148. The predicted octanol–water partition coefficient (Wildman–Crippen LogP) is 2.74. The maximum Gasteiger partial charge on any atom is 0.310 e. The van der Waals surface area contributed by atoms with E-state index in [2.05, 4.69) is 0 Å². The molecule has 0 aliphatic carbocycles. The molecule has 19 heavy (non-hydrogen) atoms. The first-order valence-corrected chi connectivity index (χ1v) is 6.48. The van der Waals surface area contributed by atoms with E-state index in [-0.39, 0.29) is 11.9 Å². The summed E-state index contributed by atoms with van der Waals surface area (Å²) >= 11 is 0. The SMILES string of the molecule is CCOC(=O)C1CCCN(c2ccc(F)c(F)c2)C1. The molecule has 0 radical (unpaired) electrons. The van der Waals surface area contributed by atoms with Crippen molar-refractivity contribution in [2.24, 2.45) is 5.92 Å². The van der Waals surface area contributed by atoms with Crippen LogP contribution >= 0.6 is 0 Å². The average molecular weight is 269 g/mol. The smallest absolute Gasteiger partial charge is 0.310 e. The average Bonchev–Trinajstić information content (AvgIpc) is 2.42. The number of anilines is 1. The Morgan fingerprint density at radius 1 is 1.42 bits per heavy atom. The number of benzene rings is 1. The molecule has 0 saturated carbocycles. The maximum absolute atomic E-state index is 13.2. The summed E-state index contributed by atoms with van der Waals surface area (Å²) in [6, 6.07) is 3.81. The van der Waals surface area contributed by atoms with Crippen LogP contribution in [0, 0.1) is 17.6 Å². The fourth-order valence-electron chi connectivity index (χ4n) is 2.35. The van der Waals surface area contributed by atoms with Gasteiger partial charge in [-0.25, -0.2) is 8.78 Å². The van der Waals surface area contributed by atoms with Crippen molar-refractivity contribution in [3.63, 3.8) is 0 Å². The molecule has 1 aromatic carbocycles. The number of carbonyl (C=O) groups is 1. The zero-order valence-corrected chi connectivity index (χ0v) is 10.9. The van der Waals surface area contributed by atoms with Crippen LogP contribution in [0.5, 0.6) is 0 Å². The van der Waals surface area contributed by atoms with Gasteiger partial charge in [0.15, 0.2) is 11.6 Å². The molecule has 104 valence electrons. The lowest BCUT2D eigenvalue weighted by Gasteiger charge is -2.33. The predicted molar refractivity (Wildman–Crippen MR) is 67.9 cm³/mol. The van der Waals surface area contributed by atoms with Crippen LogP contribution in [0.2, 0.25) is 0 Å². The molecule has 1 atom stereocenters. The van der Waals surface area contributed by atoms with Gasteiger partial charge in [-0.2, -0.15) is 0 Å². The molecule has 0 spiro atoms. The number of hydrogen-bond acceptors (Lipinski definition) is 3. The fraction of sp³-hybridized carbons (Fsp3) is 0.500. The summed E-state index contributed by atoms with van der Waals surface area (Å²) in [6.45, 7) is 3.36. The number of esters is 1. The summed E-state index contributed by atoms with van der Waals surface area (Å²) in [7, 11) is 0. The largest absolute Gasteiger partial charge is 0.466 e. The lowest BCUT2D eigenvalue weighted by Crippen LogP contribution is -2.39. The van der Waals surface area contributed by atoms with Gasteiger partial charge in [-0.3, -0.25) is 4.79 Å². The number of rotatable bonds is 3. The first-order chi connectivity index (χ1) is 9.11. The van der Waals surface area contributed by atoms with Crippen LogP contribution in [0.15, 0.2) is 18.2 Å². The Hall–Kier alpha value is -1.65. The van der Waals surface area contributed by atoms with Gasteiger partial charge in [0.25, 0.3) is 0 Å². The van der Waals surface area contributed by atoms with E-state index in [0.717, 1.165) is 25.5 Å². The Morgan fingerprint density at radius 3 is 2.89 bits per heavy atom. The Bertz CT molecular complexity index is 465. The monoisotopic (exact) mass is 269 g/mol. The molecule has 0 bridgehead atoms. The molecule has 1 aliphatic heterocycles. The summed E-state index contributed by atoms with van der Waals surface area (Å²) in [5.74, 6) is -2.13. The van der Waals surface area contributed by atoms with Crippen LogP contribution < -0.4 is 4.90 Å². The summed E-state index contributed by atoms with van der Waals surface area (Å²) in [5.41, 5.74) is 0.605. The first-order valence-electron chi connectivity index (χ1n) is 6.48. The summed E-state index contributed by atoms with van der Waals surface area (Å²) in [4.78, 5) is 13.6. The second-order valence-corrected chi connectivity index (χ2v) is 4.64. The third-order valence-corrected chi connectivity index (χ3v) is 3.31. The van der Waals surface area contributed by atoms with E-state index < -0.39 is 11.6 Å². The van der Waals surface area contributed by atoms with Crippen molar-refractivity contribution in [3.05, 3.63) is 29.8 Å². The van der Waals surface area contributed by atoms with Crippen molar-refractivity contribution in [2.45, 2.75) is 19.8 Å². The third-order valence-electron chi connectivity index (χ3n) is 3.31. The Morgan fingerprint density at radius 2 is 2.21 bits per heavy atom. The maximum atomic E-state index is 13.2. The molecule has 2 rings (SSSR count). The molecule has 1 aliphatic rings. The molecule has 0 amide bonds. The molecule has 3 nitrogen and oxygen atoms in total. The number of ether oxygens (including phenoxy) is 1. The van der Waals surface area contributed by atoms with E-state index in [1.165, 1.54) is 12.1 Å². The molecule has 1 unspecified atom stereocenters. The molecule has 1 heterocycles. The zero-order chi connectivity index (χ0) is 13.8. The minimum atomic E-state index is -0.865. The van der Waals surface area contributed by atoms with Crippen molar-refractivity contribution in [1.82, 2.24) is 0 Å². The van der Waals surface area contributed by atoms with E-state index in [0.29, 0.717) is 18.8 Å². The number of hydrogen-bond donors (Lipinski definition) is 0. The first kappa shape index (κ1) is 13.8. The van der Waals surface area contributed by atoms with Gasteiger partial charge in [0.05, 0.1) is 12.5 Å². The zero-order valence-electron chi connectivity index (χ0n) is 10.9. The highest BCUT2D eigenvalue weighted by molar-refractivity contribution is 5.73. The number of halogens is 2. The van der Waals surface area contributed by atoms with Gasteiger partial charge in [0, 0.05) is 24.8 Å². The van der Waals surface area contributed by atoms with Crippen molar-refractivity contribution >= 4 is 11.7 Å². The van der Waals surface area contributed by atoms with Gasteiger partial charge in [-0.1, -0.05) is 0 Å². The standard InChI is InChI=1S/C14H17F2NO2/c1-2-19-14(18)10-4-3-7-17(9-10)11-5-6-12(15)13(16)8-11/h5-6,8,10H,2-4,7,9H2,1H3. The molecular weight excluding hydrogens is 252 g/mol. The van der Waals surface area contributed by atoms with E-state index in [1.54, 1.807) is 6.92 Å². The highest BCUT2D eigenvalue weighted by Gasteiger charge is 2.27. The molecule has 1 fully saturated rings. The summed E-state index contributed by atoms with van der Waals surface area (Å²) in [5, 5.41) is 0. The fourth-order valence-corrected chi connectivity index (χ4v) is 2.35. The van der Waals surface area contributed by atoms with E-state index >= 15 is 0 Å². The molecule has 1 saturated heterocycles. The summed E-state index contributed by atoms with van der Waals surface area (Å²) < 4.78 is 31.1. The molecule has 0 aromatic heterocycles. The number of carbonyl (C=O) groups excluding carboxylic acids is 1. The van der Waals surface area contributed by atoms with Crippen molar-refractivity contribution in [1.29, 1.82) is 0 Å². The van der Waals surface area contributed by atoms with Gasteiger partial charge in [0.2, 0.25) is 0 Å². The molecular formula is C14H17F2NO2. The molecule has 5 heteroatoms. The Kier molecular flexibility index (Phi) is 4.35. The second kappa shape index (κ2) is 5.99. The Balaban J connectivity index is 2.08. The van der Waals surface area contributed by atoms with Crippen molar-refractivity contribution in [2.75, 3.05) is 24.6 Å². The second-order valence-electron chi connectivity index (χ2n) is 4.64. The molecule has 1 aromatic rings. The van der Waals surface area contributed by atoms with Gasteiger partial charge >= 0.3 is 5.97 Å². The van der Waals surface area contributed by atoms with Crippen molar-refractivity contribution in [3.8, 4) is 0 Å². The summed E-state index contributed by atoms with van der Waals surface area (Å²) in [6.07, 6.45) is 1.61. The topological polar surface area (TPSA) is 29.5 Å². The van der Waals surface area contributed by atoms with Gasteiger partial charge in [0.1, 0.15) is 0 Å². The normalized spacial score (nSPS) is 19.3. The van der Waals surface area contributed by atoms with Crippen LogP contribution in [0.25, 0.3) is 0 Å². The quantitative estimate of drug-likeness (QED) is 0.790. The van der Waals surface area contributed by atoms with E-state index in [4.69, 9.17) is 4.74 Å². The number of nitrogens with zero attached hydrogens (tertiary/aromatic N) is 1. The lowest BCUT2D eigenvalue weighted by atomic mass is 9.97. The van der Waals surface area contributed by atoms with Crippen LogP contribution in [-0.4, -0.2) is 25.7 Å².